The summed E-state index contributed by atoms with van der Waals surface area (Å²) in [4.78, 5) is 40.7. The number of carboxylic acid groups (broad SMARTS) is 1. The number of nitrogens with one attached hydrogen (secondary N) is 2. The van der Waals surface area contributed by atoms with Crippen molar-refractivity contribution in [2.24, 2.45) is 5.92 Å². The fourth-order valence-electron chi connectivity index (χ4n) is 4.41. The molecular formula is C27H29N3O4. The number of hydrogen-bond donors (Lipinski definition) is 3. The van der Waals surface area contributed by atoms with Gasteiger partial charge in [-0.1, -0.05) is 18.2 Å². The first-order chi connectivity index (χ1) is 16.2. The van der Waals surface area contributed by atoms with E-state index in [-0.39, 0.29) is 17.7 Å². The Morgan fingerprint density at radius 1 is 0.971 bits per heavy atom. The van der Waals surface area contributed by atoms with E-state index in [1.807, 2.05) is 48.5 Å². The van der Waals surface area contributed by atoms with E-state index in [2.05, 4.69) is 15.6 Å². The third kappa shape index (κ3) is 5.25. The zero-order valence-corrected chi connectivity index (χ0v) is 19.4. The number of pyridine rings is 1. The molecule has 176 valence electrons. The third-order valence-corrected chi connectivity index (χ3v) is 6.57. The molecular weight excluding hydrogens is 430 g/mol. The molecule has 0 unspecified atom stereocenters. The normalized spacial score (nSPS) is 18.3. The van der Waals surface area contributed by atoms with E-state index in [9.17, 15) is 19.5 Å². The smallest absolute Gasteiger partial charge is 0.328 e. The Balaban J connectivity index is 1.32. The highest BCUT2D eigenvalue weighted by Crippen LogP contribution is 2.36. The monoisotopic (exact) mass is 459 g/mol. The summed E-state index contributed by atoms with van der Waals surface area (Å²) in [7, 11) is 0. The molecule has 34 heavy (non-hydrogen) atoms. The summed E-state index contributed by atoms with van der Waals surface area (Å²) in [6, 6.07) is 17.1. The minimum Gasteiger partial charge on any atom is -0.480 e. The van der Waals surface area contributed by atoms with Gasteiger partial charge in [-0.05, 0) is 87.4 Å². The number of fused-ring (bicyclic) bond motifs is 1. The molecule has 2 aromatic carbocycles. The molecule has 7 nitrogen and oxygen atoms in total. The topological polar surface area (TPSA) is 108 Å². The molecule has 0 atom stereocenters. The molecule has 0 saturated heterocycles. The van der Waals surface area contributed by atoms with Crippen LogP contribution >= 0.6 is 0 Å². The number of carboxylic acids is 1. The Hall–Kier alpha value is -3.74. The van der Waals surface area contributed by atoms with Crippen LogP contribution in [0, 0.1) is 5.92 Å². The predicted octanol–water partition coefficient (Wildman–Crippen LogP) is 4.74. The van der Waals surface area contributed by atoms with Crippen molar-refractivity contribution in [3.8, 4) is 0 Å². The number of carbonyl (C=O) groups is 3. The summed E-state index contributed by atoms with van der Waals surface area (Å²) in [5.74, 6) is -1.22. The van der Waals surface area contributed by atoms with Crippen molar-refractivity contribution in [1.29, 1.82) is 0 Å². The van der Waals surface area contributed by atoms with Gasteiger partial charge in [0.2, 0.25) is 5.91 Å². The van der Waals surface area contributed by atoms with Gasteiger partial charge in [0, 0.05) is 28.8 Å². The number of nitrogens with zero attached hydrogens (tertiary/aromatic N) is 1. The van der Waals surface area contributed by atoms with Crippen LogP contribution in [0.1, 0.15) is 61.4 Å². The molecule has 1 fully saturated rings. The van der Waals surface area contributed by atoms with Gasteiger partial charge in [-0.25, -0.2) is 4.79 Å². The lowest BCUT2D eigenvalue weighted by Crippen LogP contribution is -2.51. The number of rotatable bonds is 6. The van der Waals surface area contributed by atoms with Crippen LogP contribution in [-0.4, -0.2) is 33.4 Å². The fourth-order valence-corrected chi connectivity index (χ4v) is 4.41. The van der Waals surface area contributed by atoms with Gasteiger partial charge in [0.25, 0.3) is 5.91 Å². The van der Waals surface area contributed by atoms with Crippen molar-refractivity contribution in [3.63, 3.8) is 0 Å². The van der Waals surface area contributed by atoms with Crippen molar-refractivity contribution < 1.29 is 19.5 Å². The number of anilines is 1. The van der Waals surface area contributed by atoms with E-state index >= 15 is 0 Å². The molecule has 0 aliphatic heterocycles. The Morgan fingerprint density at radius 3 is 2.35 bits per heavy atom. The number of aromatic nitrogens is 1. The van der Waals surface area contributed by atoms with E-state index in [0.717, 1.165) is 42.3 Å². The van der Waals surface area contributed by atoms with Gasteiger partial charge in [-0.15, -0.1) is 0 Å². The summed E-state index contributed by atoms with van der Waals surface area (Å²) in [6.07, 6.45) is 4.90. The van der Waals surface area contributed by atoms with E-state index in [4.69, 9.17) is 0 Å². The lowest BCUT2D eigenvalue weighted by molar-refractivity contribution is -0.146. The highest BCUT2D eigenvalue weighted by molar-refractivity contribution is 6.06. The number of aliphatic carboxylic acids is 1. The lowest BCUT2D eigenvalue weighted by atomic mass is 9.78. The van der Waals surface area contributed by atoms with Crippen LogP contribution in [0.2, 0.25) is 0 Å². The summed E-state index contributed by atoms with van der Waals surface area (Å²) in [5, 5.41) is 15.7. The summed E-state index contributed by atoms with van der Waals surface area (Å²) in [5.41, 5.74) is 2.06. The molecule has 3 N–H and O–H groups in total. The second-order valence-corrected chi connectivity index (χ2v) is 9.45. The Labute approximate surface area is 198 Å². The fraction of sp³-hybridized carbons (Fsp3) is 0.333. The van der Waals surface area contributed by atoms with Crippen LogP contribution in [0.5, 0.6) is 0 Å². The molecule has 0 radical (unpaired) electrons. The molecule has 1 saturated carbocycles. The molecule has 1 heterocycles. The Bertz CT molecular complexity index is 1210. The molecule has 4 rings (SSSR count). The number of benzene rings is 2. The first kappa shape index (κ1) is 23.4. The van der Waals surface area contributed by atoms with Crippen molar-refractivity contribution in [2.45, 2.75) is 51.0 Å². The van der Waals surface area contributed by atoms with Crippen LogP contribution in [0.4, 0.5) is 5.69 Å². The maximum Gasteiger partial charge on any atom is 0.328 e. The Kier molecular flexibility index (Phi) is 6.63. The maximum absolute atomic E-state index is 12.7. The molecule has 1 aliphatic rings. The second-order valence-electron chi connectivity index (χ2n) is 9.45. The number of amides is 2. The third-order valence-electron chi connectivity index (χ3n) is 6.57. The van der Waals surface area contributed by atoms with Crippen molar-refractivity contribution >= 4 is 34.4 Å². The maximum atomic E-state index is 12.7. The van der Waals surface area contributed by atoms with Crippen LogP contribution < -0.4 is 10.6 Å². The standard InChI is InChI=1S/C27H29N3O4/c1-27(2,26(33)34)30-25(32)19-7-5-17(6-8-19)18-9-12-22(13-10-18)29-24(31)21-11-14-23-20(16-21)4-3-15-28-23/h3-4,9-17,19H,5-8H2,1-2H3,(H,29,31)(H,30,32)(H,33,34). The quantitative estimate of drug-likeness (QED) is 0.493. The first-order valence-electron chi connectivity index (χ1n) is 11.5. The van der Waals surface area contributed by atoms with Crippen LogP contribution in [0.15, 0.2) is 60.8 Å². The van der Waals surface area contributed by atoms with Crippen molar-refractivity contribution in [2.75, 3.05) is 5.32 Å². The molecule has 1 aromatic heterocycles. The Morgan fingerprint density at radius 2 is 1.68 bits per heavy atom. The zero-order chi connectivity index (χ0) is 24.3. The van der Waals surface area contributed by atoms with E-state index < -0.39 is 11.5 Å². The van der Waals surface area contributed by atoms with E-state index in [1.54, 1.807) is 12.3 Å². The summed E-state index contributed by atoms with van der Waals surface area (Å²) >= 11 is 0. The molecule has 0 spiro atoms. The van der Waals surface area contributed by atoms with E-state index in [0.29, 0.717) is 11.5 Å². The highest BCUT2D eigenvalue weighted by Gasteiger charge is 2.33. The molecule has 0 bridgehead atoms. The van der Waals surface area contributed by atoms with Gasteiger partial charge < -0.3 is 15.7 Å². The van der Waals surface area contributed by atoms with Crippen LogP contribution in [0.25, 0.3) is 10.9 Å². The zero-order valence-electron chi connectivity index (χ0n) is 19.4. The molecule has 3 aromatic rings. The van der Waals surface area contributed by atoms with Gasteiger partial charge in [-0.3, -0.25) is 14.6 Å². The SMILES string of the molecule is CC(C)(NC(=O)C1CCC(c2ccc(NC(=O)c3ccc4ncccc4c3)cc2)CC1)C(=O)O. The van der Waals surface area contributed by atoms with Crippen molar-refractivity contribution in [3.05, 3.63) is 71.9 Å². The molecule has 1 aliphatic carbocycles. The van der Waals surface area contributed by atoms with Crippen LogP contribution in [0.3, 0.4) is 0 Å². The van der Waals surface area contributed by atoms with Crippen molar-refractivity contribution in [1.82, 2.24) is 10.3 Å². The number of carbonyl (C=O) groups excluding carboxylic acids is 2. The summed E-state index contributed by atoms with van der Waals surface area (Å²) in [6.45, 7) is 2.99. The number of hydrogen-bond acceptors (Lipinski definition) is 4. The van der Waals surface area contributed by atoms with E-state index in [1.165, 1.54) is 19.4 Å². The lowest BCUT2D eigenvalue weighted by Gasteiger charge is -2.30. The largest absolute Gasteiger partial charge is 0.480 e. The van der Waals surface area contributed by atoms with Crippen LogP contribution in [-0.2, 0) is 9.59 Å². The molecule has 2 amide bonds. The van der Waals surface area contributed by atoms with Gasteiger partial charge in [0.15, 0.2) is 0 Å². The predicted molar refractivity (Wildman–Crippen MR) is 131 cm³/mol. The average molecular weight is 460 g/mol. The average Bonchev–Trinajstić information content (AvgIpc) is 2.84. The first-order valence-corrected chi connectivity index (χ1v) is 11.5. The highest BCUT2D eigenvalue weighted by atomic mass is 16.4. The minimum absolute atomic E-state index is 0.161. The van der Waals surface area contributed by atoms with Gasteiger partial charge >= 0.3 is 5.97 Å². The second kappa shape index (κ2) is 9.63. The molecule has 7 heteroatoms. The summed E-state index contributed by atoms with van der Waals surface area (Å²) < 4.78 is 0. The van der Waals surface area contributed by atoms with Gasteiger partial charge in [0.05, 0.1) is 5.52 Å². The minimum atomic E-state index is -1.27. The van der Waals surface area contributed by atoms with Gasteiger partial charge in [0.1, 0.15) is 5.54 Å². The van der Waals surface area contributed by atoms with Gasteiger partial charge in [-0.2, -0.15) is 0 Å².